The zero-order valence-electron chi connectivity index (χ0n) is 8.88. The minimum absolute atomic E-state index is 0.0419. The predicted octanol–water partition coefficient (Wildman–Crippen LogP) is 2.06. The van der Waals surface area contributed by atoms with Crippen LogP contribution in [0.1, 0.15) is 5.56 Å². The smallest absolute Gasteiger partial charge is 0.422 e. The summed E-state index contributed by atoms with van der Waals surface area (Å²) in [6.07, 6.45) is -4.87. The van der Waals surface area contributed by atoms with Crippen LogP contribution in [0.4, 0.5) is 13.2 Å². The van der Waals surface area contributed by atoms with E-state index in [1.54, 1.807) is 0 Å². The molecule has 0 amide bonds. The van der Waals surface area contributed by atoms with E-state index >= 15 is 0 Å². The van der Waals surface area contributed by atoms with Gasteiger partial charge in [0.25, 0.3) is 0 Å². The molecule has 0 spiro atoms. The molecule has 1 atom stereocenters. The van der Waals surface area contributed by atoms with Crippen LogP contribution in [-0.2, 0) is 5.60 Å². The molecule has 96 valence electrons. The molecule has 3 N–H and O–H groups in total. The molecule has 0 saturated heterocycles. The van der Waals surface area contributed by atoms with Gasteiger partial charge in [-0.15, -0.1) is 0 Å². The molecule has 0 fully saturated rings. The zero-order valence-corrected chi connectivity index (χ0v) is 9.64. The van der Waals surface area contributed by atoms with Crippen molar-refractivity contribution in [1.29, 1.82) is 0 Å². The first-order valence-electron chi connectivity index (χ1n) is 4.59. The number of halogens is 4. The fourth-order valence-electron chi connectivity index (χ4n) is 1.31. The molecule has 1 rings (SSSR count). The van der Waals surface area contributed by atoms with Gasteiger partial charge < -0.3 is 15.6 Å². The van der Waals surface area contributed by atoms with Crippen LogP contribution in [0.3, 0.4) is 0 Å². The lowest BCUT2D eigenvalue weighted by atomic mass is 9.93. The minimum Gasteiger partial charge on any atom is -0.495 e. The molecule has 1 unspecified atom stereocenters. The second-order valence-corrected chi connectivity index (χ2v) is 3.82. The van der Waals surface area contributed by atoms with Crippen molar-refractivity contribution in [2.24, 2.45) is 5.73 Å². The summed E-state index contributed by atoms with van der Waals surface area (Å²) in [6.45, 7) is -0.985. The predicted molar refractivity (Wildman–Crippen MR) is 57.0 cm³/mol. The van der Waals surface area contributed by atoms with E-state index in [1.165, 1.54) is 13.2 Å². The first kappa shape index (κ1) is 14.1. The van der Waals surface area contributed by atoms with Gasteiger partial charge in [-0.25, -0.2) is 0 Å². The second-order valence-electron chi connectivity index (χ2n) is 3.41. The van der Waals surface area contributed by atoms with Gasteiger partial charge in [-0.1, -0.05) is 17.7 Å². The first-order valence-corrected chi connectivity index (χ1v) is 4.97. The highest BCUT2D eigenvalue weighted by atomic mass is 35.5. The summed E-state index contributed by atoms with van der Waals surface area (Å²) < 4.78 is 43.0. The molecule has 3 nitrogen and oxygen atoms in total. The van der Waals surface area contributed by atoms with Gasteiger partial charge in [0.2, 0.25) is 0 Å². The third-order valence-electron chi connectivity index (χ3n) is 2.39. The van der Waals surface area contributed by atoms with Crippen LogP contribution in [0, 0.1) is 0 Å². The molecule has 0 aliphatic heterocycles. The van der Waals surface area contributed by atoms with Gasteiger partial charge in [0.1, 0.15) is 5.75 Å². The number of ether oxygens (including phenoxy) is 1. The molecular formula is C10H11ClF3NO2. The third-order valence-corrected chi connectivity index (χ3v) is 2.71. The number of alkyl halides is 3. The molecule has 0 heterocycles. The summed E-state index contributed by atoms with van der Waals surface area (Å²) >= 11 is 5.68. The minimum atomic E-state index is -4.87. The highest BCUT2D eigenvalue weighted by molar-refractivity contribution is 6.32. The Kier molecular flexibility index (Phi) is 3.91. The average molecular weight is 270 g/mol. The lowest BCUT2D eigenvalue weighted by molar-refractivity contribution is -0.262. The Morgan fingerprint density at radius 3 is 2.41 bits per heavy atom. The topological polar surface area (TPSA) is 55.5 Å². The first-order chi connectivity index (χ1) is 7.76. The van der Waals surface area contributed by atoms with Crippen LogP contribution >= 0.6 is 11.6 Å². The lowest BCUT2D eigenvalue weighted by Gasteiger charge is -2.29. The number of methoxy groups -OCH3 is 1. The van der Waals surface area contributed by atoms with Crippen LogP contribution < -0.4 is 10.5 Å². The van der Waals surface area contributed by atoms with E-state index < -0.39 is 23.9 Å². The second kappa shape index (κ2) is 4.72. The molecule has 1 aromatic rings. The Hall–Kier alpha value is -0.980. The Labute approximate surface area is 101 Å². The van der Waals surface area contributed by atoms with Crippen LogP contribution in [0.25, 0.3) is 0 Å². The van der Waals surface area contributed by atoms with E-state index in [-0.39, 0.29) is 10.8 Å². The van der Waals surface area contributed by atoms with Crippen LogP contribution in [0.2, 0.25) is 5.02 Å². The van der Waals surface area contributed by atoms with E-state index in [9.17, 15) is 18.3 Å². The highest BCUT2D eigenvalue weighted by Crippen LogP contribution is 2.40. The van der Waals surface area contributed by atoms with Crippen LogP contribution in [0.15, 0.2) is 18.2 Å². The van der Waals surface area contributed by atoms with Gasteiger partial charge in [0, 0.05) is 6.54 Å². The molecule has 0 saturated carbocycles. The van der Waals surface area contributed by atoms with E-state index in [0.29, 0.717) is 0 Å². The summed E-state index contributed by atoms with van der Waals surface area (Å²) in [5.74, 6) is 0.0419. The van der Waals surface area contributed by atoms with Gasteiger partial charge in [0.15, 0.2) is 5.60 Å². The zero-order chi connectivity index (χ0) is 13.3. The third kappa shape index (κ3) is 2.48. The maximum atomic E-state index is 12.7. The standard InChI is InChI=1S/C10H11ClF3NO2/c1-17-8-4-6(2-3-7(8)11)9(16,5-15)10(12,13)14/h2-4,16H,5,15H2,1H3. The fraction of sp³-hybridized carbons (Fsp3) is 0.400. The number of nitrogens with two attached hydrogens (primary N) is 1. The van der Waals surface area contributed by atoms with Crippen molar-refractivity contribution in [3.63, 3.8) is 0 Å². The molecule has 0 aliphatic rings. The molecule has 0 aromatic heterocycles. The van der Waals surface area contributed by atoms with Crippen LogP contribution in [-0.4, -0.2) is 24.9 Å². The summed E-state index contributed by atoms with van der Waals surface area (Å²) in [5.41, 5.74) is 1.50. The Morgan fingerprint density at radius 2 is 2.00 bits per heavy atom. The molecule has 1 aromatic carbocycles. The van der Waals surface area contributed by atoms with Crippen LogP contribution in [0.5, 0.6) is 5.75 Å². The molecular weight excluding hydrogens is 259 g/mol. The fourth-order valence-corrected chi connectivity index (χ4v) is 1.51. The van der Waals surface area contributed by atoms with Crippen molar-refractivity contribution in [2.75, 3.05) is 13.7 Å². The normalized spacial score (nSPS) is 15.5. The molecule has 0 bridgehead atoms. The van der Waals surface area contributed by atoms with E-state index in [2.05, 4.69) is 0 Å². The van der Waals surface area contributed by atoms with Crippen molar-refractivity contribution < 1.29 is 23.0 Å². The number of hydrogen-bond acceptors (Lipinski definition) is 3. The summed E-state index contributed by atoms with van der Waals surface area (Å²) in [4.78, 5) is 0. The lowest BCUT2D eigenvalue weighted by Crippen LogP contribution is -2.48. The van der Waals surface area contributed by atoms with Gasteiger partial charge in [-0.3, -0.25) is 0 Å². The van der Waals surface area contributed by atoms with E-state index in [1.807, 2.05) is 0 Å². The molecule has 0 radical (unpaired) electrons. The van der Waals surface area contributed by atoms with Gasteiger partial charge in [-0.05, 0) is 17.7 Å². The van der Waals surface area contributed by atoms with Crippen molar-refractivity contribution >= 4 is 11.6 Å². The Balaban J connectivity index is 3.31. The highest BCUT2D eigenvalue weighted by Gasteiger charge is 2.54. The van der Waals surface area contributed by atoms with Crippen molar-refractivity contribution in [2.45, 2.75) is 11.8 Å². The SMILES string of the molecule is COc1cc(C(O)(CN)C(F)(F)F)ccc1Cl. The maximum Gasteiger partial charge on any atom is 0.422 e. The summed E-state index contributed by atoms with van der Waals surface area (Å²) in [6, 6.07) is 3.29. The van der Waals surface area contributed by atoms with Gasteiger partial charge >= 0.3 is 6.18 Å². The monoisotopic (exact) mass is 269 g/mol. The number of rotatable bonds is 3. The Bertz CT molecular complexity index is 411. The van der Waals surface area contributed by atoms with Gasteiger partial charge in [0.05, 0.1) is 12.1 Å². The molecule has 0 aliphatic carbocycles. The number of hydrogen-bond donors (Lipinski definition) is 2. The van der Waals surface area contributed by atoms with Gasteiger partial charge in [-0.2, -0.15) is 13.2 Å². The number of aliphatic hydroxyl groups is 1. The van der Waals surface area contributed by atoms with Crippen molar-refractivity contribution in [3.05, 3.63) is 28.8 Å². The summed E-state index contributed by atoms with van der Waals surface area (Å²) in [7, 11) is 1.26. The average Bonchev–Trinajstić information content (AvgIpc) is 2.27. The molecule has 17 heavy (non-hydrogen) atoms. The largest absolute Gasteiger partial charge is 0.495 e. The number of benzene rings is 1. The molecule has 7 heteroatoms. The maximum absolute atomic E-state index is 12.7. The van der Waals surface area contributed by atoms with E-state index in [0.717, 1.165) is 12.1 Å². The van der Waals surface area contributed by atoms with Crippen molar-refractivity contribution in [1.82, 2.24) is 0 Å². The van der Waals surface area contributed by atoms with Crippen molar-refractivity contribution in [3.8, 4) is 5.75 Å². The Morgan fingerprint density at radius 1 is 1.41 bits per heavy atom. The quantitative estimate of drug-likeness (QED) is 0.883. The summed E-state index contributed by atoms with van der Waals surface area (Å²) in [5, 5.41) is 9.74. The van der Waals surface area contributed by atoms with E-state index in [4.69, 9.17) is 22.1 Å².